The summed E-state index contributed by atoms with van der Waals surface area (Å²) >= 11 is 1.61. The van der Waals surface area contributed by atoms with E-state index in [2.05, 4.69) is 5.16 Å². The van der Waals surface area contributed by atoms with Crippen LogP contribution in [0, 0.1) is 5.82 Å². The quantitative estimate of drug-likeness (QED) is 0.201. The molecule has 0 unspecified atom stereocenters. The van der Waals surface area contributed by atoms with Gasteiger partial charge in [0.15, 0.2) is 0 Å². The topological polar surface area (TPSA) is 58.6 Å². The van der Waals surface area contributed by atoms with E-state index in [1.165, 1.54) is 12.1 Å². The lowest BCUT2D eigenvalue weighted by molar-refractivity contribution is 0.316. The molecular weight excluding hydrogens is 227 g/mol. The van der Waals surface area contributed by atoms with E-state index in [1.54, 1.807) is 17.8 Å². The van der Waals surface area contributed by atoms with E-state index in [-0.39, 0.29) is 11.7 Å². The van der Waals surface area contributed by atoms with Crippen molar-refractivity contribution in [2.75, 3.05) is 5.75 Å². The smallest absolute Gasteiger partial charge is 0.139 e. The van der Waals surface area contributed by atoms with Crippen LogP contribution in [0.4, 0.5) is 4.39 Å². The molecule has 0 aliphatic carbocycles. The Morgan fingerprint density at radius 2 is 2.25 bits per heavy atom. The lowest BCUT2D eigenvalue weighted by Gasteiger charge is -2.01. The minimum Gasteiger partial charge on any atom is -0.409 e. The Bertz CT molecular complexity index is 358. The number of hydrogen-bond acceptors (Lipinski definition) is 3. The van der Waals surface area contributed by atoms with Crippen molar-refractivity contribution in [2.24, 2.45) is 10.9 Å². The van der Waals surface area contributed by atoms with Gasteiger partial charge in [0.2, 0.25) is 0 Å². The zero-order valence-corrected chi connectivity index (χ0v) is 9.71. The second-order valence-corrected chi connectivity index (χ2v) is 4.52. The summed E-state index contributed by atoms with van der Waals surface area (Å²) in [6, 6.07) is 6.54. The fraction of sp³-hybridized carbons (Fsp3) is 0.364. The van der Waals surface area contributed by atoms with Crippen molar-refractivity contribution >= 4 is 17.6 Å². The first kappa shape index (κ1) is 12.8. The van der Waals surface area contributed by atoms with Crippen LogP contribution in [0.25, 0.3) is 0 Å². The number of oxime groups is 1. The van der Waals surface area contributed by atoms with Crippen molar-refractivity contribution in [1.82, 2.24) is 0 Å². The second kappa shape index (κ2) is 7.11. The molecule has 1 rings (SSSR count). The summed E-state index contributed by atoms with van der Waals surface area (Å²) in [5.74, 6) is 0.958. The molecule has 0 heterocycles. The molecule has 1 aromatic carbocycles. The highest BCUT2D eigenvalue weighted by Crippen LogP contribution is 2.20. The molecular formula is C11H15FN2OS. The van der Waals surface area contributed by atoms with Crippen LogP contribution in [-0.2, 0) is 0 Å². The number of rotatable bonds is 6. The SMILES string of the molecule is NC(CCCCSc1cccc(F)c1)=NO. The van der Waals surface area contributed by atoms with E-state index in [4.69, 9.17) is 10.9 Å². The molecule has 0 atom stereocenters. The molecule has 0 amide bonds. The number of hydrogen-bond donors (Lipinski definition) is 2. The first-order chi connectivity index (χ1) is 7.72. The third-order valence-corrected chi connectivity index (χ3v) is 3.10. The van der Waals surface area contributed by atoms with Crippen LogP contribution >= 0.6 is 11.8 Å². The average molecular weight is 242 g/mol. The zero-order chi connectivity index (χ0) is 11.8. The van der Waals surface area contributed by atoms with E-state index in [1.807, 2.05) is 6.07 Å². The summed E-state index contributed by atoms with van der Waals surface area (Å²) in [7, 11) is 0. The summed E-state index contributed by atoms with van der Waals surface area (Å²) < 4.78 is 12.8. The number of thioether (sulfide) groups is 1. The summed E-state index contributed by atoms with van der Waals surface area (Å²) in [5.41, 5.74) is 5.33. The number of unbranched alkanes of at least 4 members (excludes halogenated alkanes) is 1. The van der Waals surface area contributed by atoms with Gasteiger partial charge in [0.1, 0.15) is 11.7 Å². The third kappa shape index (κ3) is 5.02. The third-order valence-electron chi connectivity index (χ3n) is 2.02. The predicted octanol–water partition coefficient (Wildman–Crippen LogP) is 2.83. The molecule has 1 aromatic rings. The Balaban J connectivity index is 2.16. The van der Waals surface area contributed by atoms with Gasteiger partial charge in [0.25, 0.3) is 0 Å². The first-order valence-corrected chi connectivity index (χ1v) is 6.05. The Morgan fingerprint density at radius 3 is 2.94 bits per heavy atom. The maximum Gasteiger partial charge on any atom is 0.139 e. The summed E-state index contributed by atoms with van der Waals surface area (Å²) in [6.07, 6.45) is 2.43. The minimum absolute atomic E-state index is 0.207. The van der Waals surface area contributed by atoms with Crippen LogP contribution in [0.5, 0.6) is 0 Å². The van der Waals surface area contributed by atoms with Crippen LogP contribution in [0.3, 0.4) is 0 Å². The minimum atomic E-state index is -0.207. The Labute approximate surface area is 98.5 Å². The molecule has 3 N–H and O–H groups in total. The number of halogens is 1. The number of nitrogens with zero attached hydrogens (tertiary/aromatic N) is 1. The summed E-state index contributed by atoms with van der Waals surface area (Å²) in [4.78, 5) is 0.934. The molecule has 3 nitrogen and oxygen atoms in total. The molecule has 0 aromatic heterocycles. The van der Waals surface area contributed by atoms with Crippen molar-refractivity contribution in [3.05, 3.63) is 30.1 Å². The summed E-state index contributed by atoms with van der Waals surface area (Å²) in [5, 5.41) is 11.2. The molecule has 0 aliphatic rings. The van der Waals surface area contributed by atoms with Gasteiger partial charge in [-0.1, -0.05) is 11.2 Å². The number of nitrogens with two attached hydrogens (primary N) is 1. The van der Waals surface area contributed by atoms with Gasteiger partial charge in [0, 0.05) is 11.3 Å². The standard InChI is InChI=1S/C11H15FN2OS/c12-9-4-3-5-10(8-9)16-7-2-1-6-11(13)14-15/h3-5,8,15H,1-2,6-7H2,(H2,13,14). The van der Waals surface area contributed by atoms with Crippen LogP contribution in [0.2, 0.25) is 0 Å². The van der Waals surface area contributed by atoms with Gasteiger partial charge in [-0.3, -0.25) is 0 Å². The largest absolute Gasteiger partial charge is 0.409 e. The molecule has 0 saturated carbocycles. The molecule has 88 valence electrons. The van der Waals surface area contributed by atoms with Gasteiger partial charge in [-0.25, -0.2) is 4.39 Å². The highest BCUT2D eigenvalue weighted by molar-refractivity contribution is 7.99. The Morgan fingerprint density at radius 1 is 1.44 bits per heavy atom. The number of benzene rings is 1. The van der Waals surface area contributed by atoms with E-state index < -0.39 is 0 Å². The second-order valence-electron chi connectivity index (χ2n) is 3.35. The normalized spacial score (nSPS) is 11.7. The fourth-order valence-electron chi connectivity index (χ4n) is 1.20. The van der Waals surface area contributed by atoms with Gasteiger partial charge in [-0.2, -0.15) is 0 Å². The maximum atomic E-state index is 12.8. The van der Waals surface area contributed by atoms with Crippen LogP contribution in [-0.4, -0.2) is 16.8 Å². The Hall–Kier alpha value is -1.23. The molecule has 0 radical (unpaired) electrons. The van der Waals surface area contributed by atoms with E-state index in [0.717, 1.165) is 23.5 Å². The molecule has 0 saturated heterocycles. The fourth-order valence-corrected chi connectivity index (χ4v) is 2.16. The molecule has 0 spiro atoms. The van der Waals surface area contributed by atoms with Crippen molar-refractivity contribution < 1.29 is 9.60 Å². The van der Waals surface area contributed by atoms with Crippen LogP contribution in [0.1, 0.15) is 19.3 Å². The maximum absolute atomic E-state index is 12.8. The molecule has 16 heavy (non-hydrogen) atoms. The molecule has 0 bridgehead atoms. The monoisotopic (exact) mass is 242 g/mol. The Kier molecular flexibility index (Phi) is 5.71. The van der Waals surface area contributed by atoms with Gasteiger partial charge in [0.05, 0.1) is 0 Å². The average Bonchev–Trinajstić information content (AvgIpc) is 2.28. The predicted molar refractivity (Wildman–Crippen MR) is 64.4 cm³/mol. The van der Waals surface area contributed by atoms with E-state index in [0.29, 0.717) is 6.42 Å². The van der Waals surface area contributed by atoms with Crippen molar-refractivity contribution in [3.63, 3.8) is 0 Å². The molecule has 0 aliphatic heterocycles. The van der Waals surface area contributed by atoms with Crippen LogP contribution in [0.15, 0.2) is 34.3 Å². The van der Waals surface area contributed by atoms with Crippen molar-refractivity contribution in [1.29, 1.82) is 0 Å². The van der Waals surface area contributed by atoms with Gasteiger partial charge >= 0.3 is 0 Å². The first-order valence-electron chi connectivity index (χ1n) is 5.07. The van der Waals surface area contributed by atoms with Crippen molar-refractivity contribution in [2.45, 2.75) is 24.2 Å². The highest BCUT2D eigenvalue weighted by Gasteiger charge is 1.97. The lowest BCUT2D eigenvalue weighted by Crippen LogP contribution is -2.10. The van der Waals surface area contributed by atoms with Crippen molar-refractivity contribution in [3.8, 4) is 0 Å². The molecule has 5 heteroatoms. The summed E-state index contributed by atoms with van der Waals surface area (Å²) in [6.45, 7) is 0. The molecule has 0 fully saturated rings. The zero-order valence-electron chi connectivity index (χ0n) is 8.90. The highest BCUT2D eigenvalue weighted by atomic mass is 32.2. The van der Waals surface area contributed by atoms with Crippen LogP contribution < -0.4 is 5.73 Å². The van der Waals surface area contributed by atoms with E-state index in [9.17, 15) is 4.39 Å². The van der Waals surface area contributed by atoms with Gasteiger partial charge < -0.3 is 10.9 Å². The van der Waals surface area contributed by atoms with Gasteiger partial charge in [-0.15, -0.1) is 11.8 Å². The van der Waals surface area contributed by atoms with Gasteiger partial charge in [-0.05, 0) is 36.8 Å². The lowest BCUT2D eigenvalue weighted by atomic mass is 10.2. The number of amidine groups is 1. The van der Waals surface area contributed by atoms with E-state index >= 15 is 0 Å².